The number of carbonyl (C=O) groups excluding carboxylic acids is 1. The second kappa shape index (κ2) is 3.60. The summed E-state index contributed by atoms with van der Waals surface area (Å²) < 4.78 is 0. The lowest BCUT2D eigenvalue weighted by Crippen LogP contribution is -2.37. The number of carbonyl (C=O) groups is 1. The maximum Gasteiger partial charge on any atom is 0.226 e. The van der Waals surface area contributed by atoms with Gasteiger partial charge in [0.25, 0.3) is 0 Å². The van der Waals surface area contributed by atoms with Crippen LogP contribution in [0.1, 0.15) is 26.2 Å². The van der Waals surface area contributed by atoms with E-state index in [1.807, 2.05) is 0 Å². The zero-order chi connectivity index (χ0) is 9.42. The van der Waals surface area contributed by atoms with Gasteiger partial charge in [0.1, 0.15) is 0 Å². The first-order chi connectivity index (χ1) is 6.24. The van der Waals surface area contributed by atoms with Crippen molar-refractivity contribution < 1.29 is 4.79 Å². The molecule has 1 heterocycles. The Morgan fingerprint density at radius 2 is 2.31 bits per heavy atom. The molecule has 0 aromatic heterocycles. The van der Waals surface area contributed by atoms with E-state index in [9.17, 15) is 4.79 Å². The van der Waals surface area contributed by atoms with Gasteiger partial charge in [-0.15, -0.1) is 0 Å². The van der Waals surface area contributed by atoms with Crippen LogP contribution in [0, 0.1) is 11.8 Å². The number of halogens is 1. The summed E-state index contributed by atoms with van der Waals surface area (Å²) in [6.07, 6.45) is 3.48. The minimum absolute atomic E-state index is 0.361. The molecular weight excluding hydrogens is 230 g/mol. The largest absolute Gasteiger partial charge is 0.339 e. The van der Waals surface area contributed by atoms with E-state index in [1.54, 1.807) is 0 Å². The van der Waals surface area contributed by atoms with E-state index in [4.69, 9.17) is 0 Å². The minimum atomic E-state index is 0.361. The molecule has 0 N–H and O–H groups in total. The summed E-state index contributed by atoms with van der Waals surface area (Å²) >= 11 is 3.48. The Labute approximate surface area is 87.8 Å². The molecule has 2 fully saturated rings. The highest BCUT2D eigenvalue weighted by molar-refractivity contribution is 9.09. The Balaban J connectivity index is 1.95. The topological polar surface area (TPSA) is 20.3 Å². The van der Waals surface area contributed by atoms with Crippen LogP contribution in [0.3, 0.4) is 0 Å². The Kier molecular flexibility index (Phi) is 2.63. The molecule has 1 aliphatic heterocycles. The predicted octanol–water partition coefficient (Wildman–Crippen LogP) is 2.03. The molecule has 0 radical (unpaired) electrons. The van der Waals surface area contributed by atoms with E-state index in [1.165, 1.54) is 12.8 Å². The first kappa shape index (κ1) is 9.50. The summed E-state index contributed by atoms with van der Waals surface area (Å²) in [6, 6.07) is 0.472. The van der Waals surface area contributed by atoms with Gasteiger partial charge in [0, 0.05) is 23.8 Å². The summed E-state index contributed by atoms with van der Waals surface area (Å²) in [5.41, 5.74) is 0. The van der Waals surface area contributed by atoms with E-state index in [-0.39, 0.29) is 0 Å². The number of rotatable bonds is 2. The fraction of sp³-hybridized carbons (Fsp3) is 0.900. The first-order valence-electron chi connectivity index (χ1n) is 5.10. The Morgan fingerprint density at radius 1 is 1.62 bits per heavy atom. The van der Waals surface area contributed by atoms with Gasteiger partial charge in [-0.25, -0.2) is 0 Å². The van der Waals surface area contributed by atoms with E-state index in [0.717, 1.165) is 18.3 Å². The fourth-order valence-electron chi connectivity index (χ4n) is 2.17. The van der Waals surface area contributed by atoms with Crippen LogP contribution in [0.5, 0.6) is 0 Å². The third kappa shape index (κ3) is 1.76. The van der Waals surface area contributed by atoms with Gasteiger partial charge in [0.05, 0.1) is 0 Å². The van der Waals surface area contributed by atoms with Gasteiger partial charge >= 0.3 is 0 Å². The van der Waals surface area contributed by atoms with Gasteiger partial charge in [0.15, 0.2) is 0 Å². The summed E-state index contributed by atoms with van der Waals surface area (Å²) in [5.74, 6) is 1.41. The van der Waals surface area contributed by atoms with Gasteiger partial charge < -0.3 is 4.90 Å². The molecule has 3 atom stereocenters. The van der Waals surface area contributed by atoms with E-state index >= 15 is 0 Å². The smallest absolute Gasteiger partial charge is 0.226 e. The van der Waals surface area contributed by atoms with Crippen LogP contribution >= 0.6 is 15.9 Å². The number of hydrogen-bond donors (Lipinski definition) is 0. The zero-order valence-electron chi connectivity index (χ0n) is 8.00. The van der Waals surface area contributed by atoms with Crippen LogP contribution in [-0.2, 0) is 4.79 Å². The number of nitrogens with zero attached hydrogens (tertiary/aromatic N) is 1. The van der Waals surface area contributed by atoms with Crippen molar-refractivity contribution in [2.75, 3.05) is 11.9 Å². The summed E-state index contributed by atoms with van der Waals surface area (Å²) in [4.78, 5) is 14.0. The molecule has 0 bridgehead atoms. The van der Waals surface area contributed by atoms with Crippen molar-refractivity contribution in [2.45, 2.75) is 32.2 Å². The number of likely N-dealkylation sites (tertiary alicyclic amines) is 1. The maximum atomic E-state index is 11.9. The Hall–Kier alpha value is -0.0500. The van der Waals surface area contributed by atoms with E-state index in [2.05, 4.69) is 27.8 Å². The average Bonchev–Trinajstić information content (AvgIpc) is 2.70. The molecule has 0 aromatic rings. The van der Waals surface area contributed by atoms with Crippen molar-refractivity contribution in [1.82, 2.24) is 4.90 Å². The van der Waals surface area contributed by atoms with Gasteiger partial charge in [-0.1, -0.05) is 22.9 Å². The van der Waals surface area contributed by atoms with Crippen molar-refractivity contribution in [3.05, 3.63) is 0 Å². The van der Waals surface area contributed by atoms with Gasteiger partial charge in [-0.3, -0.25) is 4.79 Å². The highest BCUT2D eigenvalue weighted by Gasteiger charge is 2.43. The van der Waals surface area contributed by atoms with Crippen molar-refractivity contribution in [3.63, 3.8) is 0 Å². The van der Waals surface area contributed by atoms with Gasteiger partial charge in [-0.05, 0) is 25.2 Å². The molecule has 2 aliphatic rings. The first-order valence-corrected chi connectivity index (χ1v) is 6.22. The van der Waals surface area contributed by atoms with Crippen molar-refractivity contribution in [2.24, 2.45) is 11.8 Å². The molecule has 0 spiro atoms. The van der Waals surface area contributed by atoms with Crippen molar-refractivity contribution >= 4 is 21.8 Å². The SMILES string of the molecule is CC1CC1C(=O)N1CCC[C@H]1CBr. The molecule has 1 saturated carbocycles. The van der Waals surface area contributed by atoms with Crippen molar-refractivity contribution in [3.8, 4) is 0 Å². The summed E-state index contributed by atoms with van der Waals surface area (Å²) in [5, 5.41) is 0.944. The zero-order valence-corrected chi connectivity index (χ0v) is 9.59. The second-order valence-electron chi connectivity index (χ2n) is 4.30. The maximum absolute atomic E-state index is 11.9. The predicted molar refractivity (Wildman–Crippen MR) is 55.8 cm³/mol. The van der Waals surface area contributed by atoms with Crippen LogP contribution in [0.2, 0.25) is 0 Å². The summed E-state index contributed by atoms with van der Waals surface area (Å²) in [6.45, 7) is 3.15. The Morgan fingerprint density at radius 3 is 2.85 bits per heavy atom. The monoisotopic (exact) mass is 245 g/mol. The quantitative estimate of drug-likeness (QED) is 0.683. The molecule has 2 rings (SSSR count). The van der Waals surface area contributed by atoms with Crippen molar-refractivity contribution in [1.29, 1.82) is 0 Å². The number of amides is 1. The molecule has 74 valence electrons. The van der Waals surface area contributed by atoms with Gasteiger partial charge in [0.2, 0.25) is 5.91 Å². The molecule has 3 heteroatoms. The standard InChI is InChI=1S/C10H16BrNO/c1-7-5-9(7)10(13)12-4-2-3-8(12)6-11/h7-9H,2-6H2,1H3/t7?,8-,9?/m0/s1. The lowest BCUT2D eigenvalue weighted by Gasteiger charge is -2.23. The molecule has 1 saturated heterocycles. The molecule has 1 aliphatic carbocycles. The molecular formula is C10H16BrNO. The molecule has 2 unspecified atom stereocenters. The van der Waals surface area contributed by atoms with Crippen LogP contribution in [0.15, 0.2) is 0 Å². The van der Waals surface area contributed by atoms with Crippen LogP contribution < -0.4 is 0 Å². The number of alkyl halides is 1. The second-order valence-corrected chi connectivity index (χ2v) is 4.95. The van der Waals surface area contributed by atoms with Crippen LogP contribution in [0.25, 0.3) is 0 Å². The fourth-order valence-corrected chi connectivity index (χ4v) is 2.84. The Bertz CT molecular complexity index is 219. The van der Waals surface area contributed by atoms with E-state index in [0.29, 0.717) is 23.8 Å². The average molecular weight is 246 g/mol. The number of hydrogen-bond acceptors (Lipinski definition) is 1. The van der Waals surface area contributed by atoms with Gasteiger partial charge in [-0.2, -0.15) is 0 Å². The molecule has 2 nitrogen and oxygen atoms in total. The molecule has 13 heavy (non-hydrogen) atoms. The highest BCUT2D eigenvalue weighted by atomic mass is 79.9. The highest BCUT2D eigenvalue weighted by Crippen LogP contribution is 2.40. The minimum Gasteiger partial charge on any atom is -0.339 e. The normalized spacial score (nSPS) is 38.0. The lowest BCUT2D eigenvalue weighted by atomic mass is 10.2. The van der Waals surface area contributed by atoms with E-state index < -0.39 is 0 Å². The van der Waals surface area contributed by atoms with Crippen LogP contribution in [-0.4, -0.2) is 28.7 Å². The lowest BCUT2D eigenvalue weighted by molar-refractivity contribution is -0.133. The molecule has 0 aromatic carbocycles. The third-order valence-electron chi connectivity index (χ3n) is 3.27. The third-order valence-corrected chi connectivity index (χ3v) is 4.01. The molecule has 1 amide bonds. The summed E-state index contributed by atoms with van der Waals surface area (Å²) in [7, 11) is 0. The van der Waals surface area contributed by atoms with Crippen LogP contribution in [0.4, 0.5) is 0 Å².